The van der Waals surface area contributed by atoms with Crippen LogP contribution in [0.15, 0.2) is 36.4 Å². The number of halogens is 2. The van der Waals surface area contributed by atoms with Gasteiger partial charge in [0, 0.05) is 5.56 Å². The van der Waals surface area contributed by atoms with Gasteiger partial charge < -0.3 is 4.74 Å². The maximum Gasteiger partial charge on any atom is 0.123 e. The molecule has 0 N–H and O–H groups in total. The summed E-state index contributed by atoms with van der Waals surface area (Å²) in [7, 11) is 1.60. The Balaban J connectivity index is 2.55. The molecule has 1 nitrogen and oxygen atoms in total. The highest BCUT2D eigenvalue weighted by atomic mass is 79.9. The van der Waals surface area contributed by atoms with Gasteiger partial charge in [-0.1, -0.05) is 34.1 Å². The molecular formula is C16H16BrFO. The molecule has 0 radical (unpaired) electrons. The quantitative estimate of drug-likeness (QED) is 0.727. The molecule has 2 rings (SSSR count). The first-order valence-electron chi connectivity index (χ1n) is 6.08. The molecule has 2 aromatic rings. The second-order valence-electron chi connectivity index (χ2n) is 4.55. The normalized spacial score (nSPS) is 12.3. The first kappa shape index (κ1) is 14.1. The molecule has 0 aromatic heterocycles. The zero-order valence-electron chi connectivity index (χ0n) is 11.2. The standard InChI is InChI=1S/C16H16BrFO/c1-10-5-4-6-11(2)15(10)16(17)13-9-12(18)7-8-14(13)19-3/h4-9,16H,1-3H3. The number of rotatable bonds is 3. The van der Waals surface area contributed by atoms with Gasteiger partial charge in [-0.05, 0) is 48.7 Å². The molecule has 0 spiro atoms. The van der Waals surface area contributed by atoms with Crippen LogP contribution >= 0.6 is 15.9 Å². The molecule has 3 heteroatoms. The van der Waals surface area contributed by atoms with Gasteiger partial charge in [0.1, 0.15) is 11.6 Å². The van der Waals surface area contributed by atoms with Crippen molar-refractivity contribution >= 4 is 15.9 Å². The lowest BCUT2D eigenvalue weighted by molar-refractivity contribution is 0.409. The molecule has 0 fully saturated rings. The minimum Gasteiger partial charge on any atom is -0.496 e. The molecule has 19 heavy (non-hydrogen) atoms. The predicted molar refractivity (Wildman–Crippen MR) is 79.6 cm³/mol. The molecule has 0 heterocycles. The fourth-order valence-corrected chi connectivity index (χ4v) is 3.37. The lowest BCUT2D eigenvalue weighted by Crippen LogP contribution is -2.02. The van der Waals surface area contributed by atoms with Gasteiger partial charge in [-0.3, -0.25) is 0 Å². The van der Waals surface area contributed by atoms with Gasteiger partial charge in [-0.15, -0.1) is 0 Å². The van der Waals surface area contributed by atoms with E-state index in [1.165, 1.54) is 23.3 Å². The molecule has 1 atom stereocenters. The van der Waals surface area contributed by atoms with Gasteiger partial charge in [-0.25, -0.2) is 4.39 Å². The third-order valence-electron chi connectivity index (χ3n) is 3.26. The largest absolute Gasteiger partial charge is 0.496 e. The summed E-state index contributed by atoms with van der Waals surface area (Å²) in [5, 5.41) is 0. The third-order valence-corrected chi connectivity index (χ3v) is 4.21. The Labute approximate surface area is 121 Å². The summed E-state index contributed by atoms with van der Waals surface area (Å²) in [6.45, 7) is 4.12. The van der Waals surface area contributed by atoms with E-state index in [0.717, 1.165) is 11.1 Å². The molecule has 0 bridgehead atoms. The van der Waals surface area contributed by atoms with Gasteiger partial charge in [0.2, 0.25) is 0 Å². The average Bonchev–Trinajstić information content (AvgIpc) is 2.38. The minimum atomic E-state index is -0.258. The van der Waals surface area contributed by atoms with Crippen LogP contribution in [0.25, 0.3) is 0 Å². The summed E-state index contributed by atoms with van der Waals surface area (Å²) in [5.41, 5.74) is 4.31. The summed E-state index contributed by atoms with van der Waals surface area (Å²) < 4.78 is 18.8. The fourth-order valence-electron chi connectivity index (χ4n) is 2.29. The van der Waals surface area contributed by atoms with Gasteiger partial charge in [-0.2, -0.15) is 0 Å². The molecule has 0 saturated heterocycles. The predicted octanol–water partition coefficient (Wildman–Crippen LogP) is 4.94. The van der Waals surface area contributed by atoms with E-state index in [1.54, 1.807) is 13.2 Å². The van der Waals surface area contributed by atoms with E-state index < -0.39 is 0 Å². The number of hydrogen-bond acceptors (Lipinski definition) is 1. The van der Waals surface area contributed by atoms with Crippen LogP contribution in [0.1, 0.15) is 27.1 Å². The first-order chi connectivity index (χ1) is 9.04. The van der Waals surface area contributed by atoms with Crippen LogP contribution in [-0.4, -0.2) is 7.11 Å². The van der Waals surface area contributed by atoms with Crippen LogP contribution in [0, 0.1) is 19.7 Å². The SMILES string of the molecule is COc1ccc(F)cc1C(Br)c1c(C)cccc1C. The van der Waals surface area contributed by atoms with Gasteiger partial charge in [0.05, 0.1) is 11.9 Å². The van der Waals surface area contributed by atoms with Crippen LogP contribution in [0.4, 0.5) is 4.39 Å². The lowest BCUT2D eigenvalue weighted by atomic mass is 9.95. The number of ether oxygens (including phenoxy) is 1. The van der Waals surface area contributed by atoms with Crippen molar-refractivity contribution in [3.05, 3.63) is 64.5 Å². The van der Waals surface area contributed by atoms with Crippen LogP contribution in [0.5, 0.6) is 5.75 Å². The Morgan fingerprint density at radius 2 is 1.74 bits per heavy atom. The monoisotopic (exact) mass is 322 g/mol. The third kappa shape index (κ3) is 2.81. The maximum absolute atomic E-state index is 13.5. The lowest BCUT2D eigenvalue weighted by Gasteiger charge is -2.19. The zero-order chi connectivity index (χ0) is 14.0. The smallest absolute Gasteiger partial charge is 0.123 e. The van der Waals surface area contributed by atoms with Crippen LogP contribution in [-0.2, 0) is 0 Å². The molecule has 1 unspecified atom stereocenters. The average molecular weight is 323 g/mol. The summed E-state index contributed by atoms with van der Waals surface area (Å²) in [6, 6.07) is 10.7. The maximum atomic E-state index is 13.5. The molecule has 0 aliphatic heterocycles. The van der Waals surface area contributed by atoms with Crippen molar-refractivity contribution in [2.24, 2.45) is 0 Å². The summed E-state index contributed by atoms with van der Waals surface area (Å²) in [6.07, 6.45) is 0. The van der Waals surface area contributed by atoms with E-state index in [4.69, 9.17) is 4.74 Å². The van der Waals surface area contributed by atoms with Crippen LogP contribution in [0.3, 0.4) is 0 Å². The first-order valence-corrected chi connectivity index (χ1v) is 6.99. The molecule has 0 aliphatic rings. The minimum absolute atomic E-state index is 0.0839. The summed E-state index contributed by atoms with van der Waals surface area (Å²) >= 11 is 3.67. The number of alkyl halides is 1. The van der Waals surface area contributed by atoms with Crippen molar-refractivity contribution in [3.63, 3.8) is 0 Å². The number of aryl methyl sites for hydroxylation is 2. The van der Waals surface area contributed by atoms with Crippen molar-refractivity contribution in [1.82, 2.24) is 0 Å². The molecule has 0 aliphatic carbocycles. The molecular weight excluding hydrogens is 307 g/mol. The topological polar surface area (TPSA) is 9.23 Å². The van der Waals surface area contributed by atoms with Crippen LogP contribution in [0.2, 0.25) is 0 Å². The molecule has 0 amide bonds. The summed E-state index contributed by atoms with van der Waals surface area (Å²) in [5.74, 6) is 0.428. The number of methoxy groups -OCH3 is 1. The highest BCUT2D eigenvalue weighted by Gasteiger charge is 2.19. The Morgan fingerprint density at radius 3 is 2.32 bits per heavy atom. The van der Waals surface area contributed by atoms with E-state index in [2.05, 4.69) is 41.9 Å². The molecule has 2 aromatic carbocycles. The second-order valence-corrected chi connectivity index (χ2v) is 5.47. The Morgan fingerprint density at radius 1 is 1.11 bits per heavy atom. The Kier molecular flexibility index (Phi) is 4.25. The van der Waals surface area contributed by atoms with Crippen molar-refractivity contribution in [2.75, 3.05) is 7.11 Å². The van der Waals surface area contributed by atoms with Gasteiger partial charge in [0.15, 0.2) is 0 Å². The van der Waals surface area contributed by atoms with Crippen molar-refractivity contribution in [3.8, 4) is 5.75 Å². The van der Waals surface area contributed by atoms with E-state index in [0.29, 0.717) is 5.75 Å². The molecule has 0 saturated carbocycles. The highest BCUT2D eigenvalue weighted by molar-refractivity contribution is 9.09. The second kappa shape index (κ2) is 5.74. The highest BCUT2D eigenvalue weighted by Crippen LogP contribution is 2.39. The number of benzene rings is 2. The van der Waals surface area contributed by atoms with Crippen molar-refractivity contribution < 1.29 is 9.13 Å². The Bertz CT molecular complexity index is 575. The van der Waals surface area contributed by atoms with Gasteiger partial charge in [0.25, 0.3) is 0 Å². The fraction of sp³-hybridized carbons (Fsp3) is 0.250. The van der Waals surface area contributed by atoms with E-state index >= 15 is 0 Å². The van der Waals surface area contributed by atoms with E-state index in [-0.39, 0.29) is 10.6 Å². The Hall–Kier alpha value is -1.35. The van der Waals surface area contributed by atoms with Crippen LogP contribution < -0.4 is 4.74 Å². The van der Waals surface area contributed by atoms with Crippen molar-refractivity contribution in [1.29, 1.82) is 0 Å². The van der Waals surface area contributed by atoms with E-state index in [1.807, 2.05) is 6.07 Å². The number of hydrogen-bond donors (Lipinski definition) is 0. The zero-order valence-corrected chi connectivity index (χ0v) is 12.8. The molecule has 100 valence electrons. The van der Waals surface area contributed by atoms with Crippen molar-refractivity contribution in [2.45, 2.75) is 18.7 Å². The van der Waals surface area contributed by atoms with Gasteiger partial charge >= 0.3 is 0 Å². The van der Waals surface area contributed by atoms with E-state index in [9.17, 15) is 4.39 Å². The summed E-state index contributed by atoms with van der Waals surface area (Å²) in [4.78, 5) is -0.0839.